The van der Waals surface area contributed by atoms with E-state index in [1.54, 1.807) is 13.1 Å². The number of sulfonamides is 1. The van der Waals surface area contributed by atoms with Gasteiger partial charge in [-0.25, -0.2) is 8.42 Å². The lowest BCUT2D eigenvalue weighted by atomic mass is 9.88. The summed E-state index contributed by atoms with van der Waals surface area (Å²) >= 11 is 10.9. The van der Waals surface area contributed by atoms with Gasteiger partial charge < -0.3 is 5.73 Å². The quantitative estimate of drug-likeness (QED) is 0.849. The average Bonchev–Trinajstić information content (AvgIpc) is 2.35. The molecule has 21 heavy (non-hydrogen) atoms. The molecule has 118 valence electrons. The molecule has 4 nitrogen and oxygen atoms in total. The predicted octanol–water partition coefficient (Wildman–Crippen LogP) is 3.03. The largest absolute Gasteiger partial charge is 0.389 e. The van der Waals surface area contributed by atoms with E-state index in [-0.39, 0.29) is 26.4 Å². The fourth-order valence-corrected chi connectivity index (χ4v) is 3.93. The summed E-state index contributed by atoms with van der Waals surface area (Å²) in [5.74, 6) is 0. The molecular weight excluding hydrogens is 328 g/mol. The Morgan fingerprint density at radius 3 is 2.33 bits per heavy atom. The molecule has 1 aromatic carbocycles. The van der Waals surface area contributed by atoms with Crippen molar-refractivity contribution in [2.24, 2.45) is 11.1 Å². The zero-order valence-electron chi connectivity index (χ0n) is 12.8. The van der Waals surface area contributed by atoms with Crippen LogP contribution in [0.4, 0.5) is 0 Å². The molecule has 0 radical (unpaired) electrons. The first-order valence-electron chi connectivity index (χ1n) is 6.46. The van der Waals surface area contributed by atoms with Crippen LogP contribution in [-0.4, -0.2) is 30.8 Å². The Kier molecular flexibility index (Phi) is 5.42. The molecule has 2 N–H and O–H groups in total. The highest BCUT2D eigenvalue weighted by Crippen LogP contribution is 2.31. The molecule has 0 amide bonds. The van der Waals surface area contributed by atoms with Crippen LogP contribution in [0.2, 0.25) is 5.02 Å². The first-order chi connectivity index (χ1) is 9.39. The van der Waals surface area contributed by atoms with E-state index in [1.807, 2.05) is 27.7 Å². The highest BCUT2D eigenvalue weighted by Gasteiger charge is 2.33. The van der Waals surface area contributed by atoms with E-state index in [0.29, 0.717) is 5.56 Å². The van der Waals surface area contributed by atoms with Gasteiger partial charge in [0.25, 0.3) is 0 Å². The predicted molar refractivity (Wildman–Crippen MR) is 91.2 cm³/mol. The van der Waals surface area contributed by atoms with Crippen molar-refractivity contribution < 1.29 is 8.42 Å². The third-order valence-electron chi connectivity index (χ3n) is 3.67. The zero-order valence-corrected chi connectivity index (χ0v) is 15.2. The maximum atomic E-state index is 12.8. The van der Waals surface area contributed by atoms with Gasteiger partial charge in [-0.15, -0.1) is 0 Å². The molecule has 0 saturated carbocycles. The maximum Gasteiger partial charge on any atom is 0.244 e. The van der Waals surface area contributed by atoms with Gasteiger partial charge in [0.05, 0.1) is 5.02 Å². The summed E-state index contributed by atoms with van der Waals surface area (Å²) in [5.41, 5.74) is 5.84. The maximum absolute atomic E-state index is 12.8. The Morgan fingerprint density at radius 2 is 1.90 bits per heavy atom. The summed E-state index contributed by atoms with van der Waals surface area (Å²) in [6.45, 7) is 7.81. The Hall–Kier alpha value is -0.690. The molecule has 0 aromatic heterocycles. The van der Waals surface area contributed by atoms with Gasteiger partial charge in [-0.3, -0.25) is 0 Å². The van der Waals surface area contributed by atoms with Gasteiger partial charge in [-0.05, 0) is 24.5 Å². The van der Waals surface area contributed by atoms with Crippen LogP contribution < -0.4 is 5.73 Å². The molecule has 0 aliphatic rings. The van der Waals surface area contributed by atoms with Crippen molar-refractivity contribution in [2.75, 3.05) is 7.05 Å². The topological polar surface area (TPSA) is 63.4 Å². The third-order valence-corrected chi connectivity index (χ3v) is 6.32. The Balaban J connectivity index is 3.37. The number of benzene rings is 1. The summed E-state index contributed by atoms with van der Waals surface area (Å²) in [5, 5.41) is 0.156. The fraction of sp³-hybridized carbons (Fsp3) is 0.500. The number of nitrogens with zero attached hydrogens (tertiary/aromatic N) is 1. The number of hydrogen-bond donors (Lipinski definition) is 1. The number of thiocarbonyl (C=S) groups is 1. The van der Waals surface area contributed by atoms with Gasteiger partial charge >= 0.3 is 0 Å². The summed E-state index contributed by atoms with van der Waals surface area (Å²) in [7, 11) is -2.17. The van der Waals surface area contributed by atoms with Crippen molar-refractivity contribution in [1.29, 1.82) is 0 Å². The van der Waals surface area contributed by atoms with Crippen molar-refractivity contribution in [3.05, 3.63) is 28.8 Å². The van der Waals surface area contributed by atoms with Gasteiger partial charge in [0, 0.05) is 18.7 Å². The smallest absolute Gasteiger partial charge is 0.244 e. The van der Waals surface area contributed by atoms with Crippen LogP contribution in [0.25, 0.3) is 0 Å². The summed E-state index contributed by atoms with van der Waals surface area (Å²) in [4.78, 5) is 0.155. The highest BCUT2D eigenvalue weighted by atomic mass is 35.5. The van der Waals surface area contributed by atoms with Crippen molar-refractivity contribution in [3.63, 3.8) is 0 Å². The standard InChI is InChI=1S/C14H21ClN2O2S2/c1-9(14(2,3)4)17(5)21(18,19)12-8-10(13(16)20)6-7-11(12)15/h6-9H,1-5H3,(H2,16,20). The van der Waals surface area contributed by atoms with E-state index in [2.05, 4.69) is 0 Å². The molecule has 1 unspecified atom stereocenters. The lowest BCUT2D eigenvalue weighted by Gasteiger charge is -2.34. The van der Waals surface area contributed by atoms with Crippen LogP contribution in [0.1, 0.15) is 33.3 Å². The fourth-order valence-electron chi connectivity index (χ4n) is 1.76. The van der Waals surface area contributed by atoms with Crippen LogP contribution >= 0.6 is 23.8 Å². The molecule has 0 fully saturated rings. The molecule has 0 aliphatic carbocycles. The van der Waals surface area contributed by atoms with Gasteiger partial charge in [0.2, 0.25) is 10.0 Å². The summed E-state index contributed by atoms with van der Waals surface area (Å²) in [6, 6.07) is 4.33. The van der Waals surface area contributed by atoms with Crippen LogP contribution in [0, 0.1) is 5.41 Å². The first kappa shape index (κ1) is 18.4. The minimum atomic E-state index is -3.72. The summed E-state index contributed by atoms with van der Waals surface area (Å²) < 4.78 is 26.9. The van der Waals surface area contributed by atoms with Crippen LogP contribution in [0.5, 0.6) is 0 Å². The zero-order chi connectivity index (χ0) is 16.6. The normalized spacial score (nSPS) is 14.2. The molecule has 0 saturated heterocycles. The van der Waals surface area contributed by atoms with E-state index < -0.39 is 10.0 Å². The van der Waals surface area contributed by atoms with E-state index in [4.69, 9.17) is 29.6 Å². The molecule has 0 aliphatic heterocycles. The Morgan fingerprint density at radius 1 is 1.38 bits per heavy atom. The molecule has 1 atom stereocenters. The van der Waals surface area contributed by atoms with Crippen LogP contribution in [-0.2, 0) is 10.0 Å². The number of rotatable bonds is 4. The molecule has 1 rings (SSSR count). The second kappa shape index (κ2) is 6.20. The molecule has 7 heteroatoms. The van der Waals surface area contributed by atoms with Gasteiger partial charge in [0.15, 0.2) is 0 Å². The highest BCUT2D eigenvalue weighted by molar-refractivity contribution is 7.89. The Bertz CT molecular complexity index is 651. The van der Waals surface area contributed by atoms with E-state index in [1.165, 1.54) is 16.4 Å². The van der Waals surface area contributed by atoms with Gasteiger partial charge in [0.1, 0.15) is 9.88 Å². The second-order valence-electron chi connectivity index (χ2n) is 6.07. The molecule has 1 aromatic rings. The Labute approximate surface area is 137 Å². The summed E-state index contributed by atoms with van der Waals surface area (Å²) in [6.07, 6.45) is 0. The van der Waals surface area contributed by atoms with Crippen LogP contribution in [0.15, 0.2) is 23.1 Å². The van der Waals surface area contributed by atoms with E-state index >= 15 is 0 Å². The number of hydrogen-bond acceptors (Lipinski definition) is 3. The second-order valence-corrected chi connectivity index (χ2v) is 8.89. The minimum Gasteiger partial charge on any atom is -0.389 e. The lowest BCUT2D eigenvalue weighted by molar-refractivity contribution is 0.216. The van der Waals surface area contributed by atoms with Crippen molar-refractivity contribution in [3.8, 4) is 0 Å². The minimum absolute atomic E-state index is 0.0214. The molecular formula is C14H21ClN2O2S2. The van der Waals surface area contributed by atoms with Gasteiger partial charge in [-0.2, -0.15) is 4.31 Å². The van der Waals surface area contributed by atoms with Crippen molar-refractivity contribution in [1.82, 2.24) is 4.31 Å². The third kappa shape index (κ3) is 3.94. The van der Waals surface area contributed by atoms with Gasteiger partial charge in [-0.1, -0.05) is 50.7 Å². The molecule has 0 bridgehead atoms. The molecule has 0 spiro atoms. The monoisotopic (exact) mass is 348 g/mol. The first-order valence-corrected chi connectivity index (χ1v) is 8.69. The number of nitrogens with two attached hydrogens (primary N) is 1. The SMILES string of the molecule is CC(N(C)S(=O)(=O)c1cc(C(N)=S)ccc1Cl)C(C)(C)C. The van der Waals surface area contributed by atoms with E-state index in [9.17, 15) is 8.42 Å². The number of halogens is 1. The molecule has 0 heterocycles. The van der Waals surface area contributed by atoms with E-state index in [0.717, 1.165) is 0 Å². The average molecular weight is 349 g/mol. The van der Waals surface area contributed by atoms with Crippen molar-refractivity contribution >= 4 is 38.8 Å². The van der Waals surface area contributed by atoms with Crippen LogP contribution in [0.3, 0.4) is 0 Å². The lowest BCUT2D eigenvalue weighted by Crippen LogP contribution is -2.43. The van der Waals surface area contributed by atoms with Crippen molar-refractivity contribution in [2.45, 2.75) is 38.6 Å².